The molecule has 0 spiro atoms. The number of aliphatic imine (C=N–C) groups is 1. The number of nitrogens with zero attached hydrogens (tertiary/aromatic N) is 4. The molecule has 1 aromatic heterocycles. The predicted octanol–water partition coefficient (Wildman–Crippen LogP) is 2.70. The average Bonchev–Trinajstić information content (AvgIpc) is 3.03. The number of amidine groups is 1. The first-order valence-electron chi connectivity index (χ1n) is 14.1. The highest BCUT2D eigenvalue weighted by atomic mass is 35.5. The number of hydrogen-bond donors (Lipinski definition) is 3. The molecule has 2 atom stereocenters. The van der Waals surface area contributed by atoms with E-state index in [0.717, 1.165) is 18.3 Å². The average molecular weight is 654 g/mol. The van der Waals surface area contributed by atoms with Crippen molar-refractivity contribution in [1.29, 1.82) is 0 Å². The summed E-state index contributed by atoms with van der Waals surface area (Å²) in [6, 6.07) is 1.60. The van der Waals surface area contributed by atoms with Crippen LogP contribution in [0.25, 0.3) is 0 Å². The van der Waals surface area contributed by atoms with Gasteiger partial charge in [-0.25, -0.2) is 9.98 Å². The van der Waals surface area contributed by atoms with Gasteiger partial charge >= 0.3 is 6.18 Å². The zero-order valence-corrected chi connectivity index (χ0v) is 25.3. The summed E-state index contributed by atoms with van der Waals surface area (Å²) < 4.78 is 55.2. The van der Waals surface area contributed by atoms with Gasteiger partial charge in [0.25, 0.3) is 0 Å². The smallest absolute Gasteiger partial charge is 0.396 e. The fourth-order valence-electron chi connectivity index (χ4n) is 4.83. The van der Waals surface area contributed by atoms with Gasteiger partial charge in [-0.3, -0.25) is 9.59 Å². The van der Waals surface area contributed by atoms with Crippen LogP contribution >= 0.6 is 11.6 Å². The van der Waals surface area contributed by atoms with Gasteiger partial charge < -0.3 is 40.8 Å². The van der Waals surface area contributed by atoms with E-state index in [0.29, 0.717) is 57.1 Å². The number of carbonyl (C=O) groups excluding carboxylic acids is 2. The molecule has 5 N–H and O–H groups in total. The SMILES string of the molecule is COCCOCC(=O)N1CCO[C@@H](CCN2C(Cl)=CN=C(N)/C2=C(/N)C2=CCC(C(=O)Nc3cc(C(F)(F)F)ccn3)C=C2)C1. The Morgan fingerprint density at radius 1 is 1.29 bits per heavy atom. The van der Waals surface area contributed by atoms with Gasteiger partial charge in [-0.15, -0.1) is 0 Å². The van der Waals surface area contributed by atoms with Crippen LogP contribution in [0.5, 0.6) is 0 Å². The Labute approximate surface area is 263 Å². The number of ether oxygens (including phenoxy) is 3. The summed E-state index contributed by atoms with van der Waals surface area (Å²) in [7, 11) is 1.56. The van der Waals surface area contributed by atoms with Crippen LogP contribution in [0.2, 0.25) is 0 Å². The van der Waals surface area contributed by atoms with Gasteiger partial charge in [-0.05, 0) is 30.5 Å². The fourth-order valence-corrected chi connectivity index (χ4v) is 5.05. The maximum absolute atomic E-state index is 13.0. The lowest BCUT2D eigenvalue weighted by Gasteiger charge is -2.35. The maximum atomic E-state index is 13.0. The summed E-state index contributed by atoms with van der Waals surface area (Å²) in [6.45, 7) is 2.26. The molecule has 0 saturated carbocycles. The van der Waals surface area contributed by atoms with Gasteiger partial charge in [0.2, 0.25) is 11.8 Å². The van der Waals surface area contributed by atoms with E-state index in [2.05, 4.69) is 15.3 Å². The zero-order chi connectivity index (χ0) is 32.6. The molecule has 16 heteroatoms. The molecule has 1 unspecified atom stereocenters. The summed E-state index contributed by atoms with van der Waals surface area (Å²) in [5, 5.41) is 2.71. The van der Waals surface area contributed by atoms with E-state index in [1.807, 2.05) is 0 Å². The number of pyridine rings is 1. The van der Waals surface area contributed by atoms with Crippen LogP contribution in [0.1, 0.15) is 18.4 Å². The summed E-state index contributed by atoms with van der Waals surface area (Å²) in [5.41, 5.74) is 13.1. The Bertz CT molecular complexity index is 1410. The molecular weight excluding hydrogens is 619 g/mol. The predicted molar refractivity (Wildman–Crippen MR) is 160 cm³/mol. The minimum Gasteiger partial charge on any atom is -0.396 e. The van der Waals surface area contributed by atoms with E-state index in [-0.39, 0.29) is 47.5 Å². The van der Waals surface area contributed by atoms with Gasteiger partial charge in [-0.2, -0.15) is 13.2 Å². The van der Waals surface area contributed by atoms with E-state index in [4.69, 9.17) is 37.3 Å². The second kappa shape index (κ2) is 15.4. The highest BCUT2D eigenvalue weighted by molar-refractivity contribution is 6.30. The monoisotopic (exact) mass is 653 g/mol. The Morgan fingerprint density at radius 2 is 2.09 bits per heavy atom. The van der Waals surface area contributed by atoms with Crippen LogP contribution in [-0.2, 0) is 30.0 Å². The molecule has 0 bridgehead atoms. The van der Waals surface area contributed by atoms with Crippen molar-refractivity contribution in [2.24, 2.45) is 22.4 Å². The highest BCUT2D eigenvalue weighted by Crippen LogP contribution is 2.31. The van der Waals surface area contributed by atoms with Crippen molar-refractivity contribution < 1.29 is 37.0 Å². The van der Waals surface area contributed by atoms with Crippen molar-refractivity contribution in [2.75, 3.05) is 58.5 Å². The molecule has 3 aliphatic rings. The van der Waals surface area contributed by atoms with Crippen molar-refractivity contribution in [3.63, 3.8) is 0 Å². The molecule has 45 heavy (non-hydrogen) atoms. The Morgan fingerprint density at radius 3 is 2.80 bits per heavy atom. The minimum absolute atomic E-state index is 0.0412. The van der Waals surface area contributed by atoms with Crippen molar-refractivity contribution in [1.82, 2.24) is 14.8 Å². The summed E-state index contributed by atoms with van der Waals surface area (Å²) >= 11 is 6.52. The molecule has 1 saturated heterocycles. The molecule has 3 heterocycles. The lowest BCUT2D eigenvalue weighted by molar-refractivity contribution is -0.144. The number of carbonyl (C=O) groups is 2. The van der Waals surface area contributed by atoms with Crippen LogP contribution in [0.15, 0.2) is 69.9 Å². The number of allylic oxidation sites excluding steroid dienone is 2. The van der Waals surface area contributed by atoms with Crippen LogP contribution < -0.4 is 16.8 Å². The molecule has 0 radical (unpaired) electrons. The zero-order valence-electron chi connectivity index (χ0n) is 24.6. The van der Waals surface area contributed by atoms with E-state index in [1.54, 1.807) is 35.1 Å². The summed E-state index contributed by atoms with van der Waals surface area (Å²) in [4.78, 5) is 36.7. The largest absolute Gasteiger partial charge is 0.416 e. The minimum atomic E-state index is -4.56. The van der Waals surface area contributed by atoms with Crippen molar-refractivity contribution >= 4 is 35.1 Å². The Hall–Kier alpha value is -3.92. The van der Waals surface area contributed by atoms with Crippen molar-refractivity contribution in [3.05, 3.63) is 70.4 Å². The van der Waals surface area contributed by atoms with E-state index < -0.39 is 23.6 Å². The first-order valence-corrected chi connectivity index (χ1v) is 14.5. The number of halogens is 4. The van der Waals surface area contributed by atoms with Gasteiger partial charge in [0.15, 0.2) is 0 Å². The number of morpholine rings is 1. The first kappa shape index (κ1) is 34.0. The Balaban J connectivity index is 1.38. The number of nitrogens with two attached hydrogens (primary N) is 2. The third-order valence-corrected chi connectivity index (χ3v) is 7.55. The van der Waals surface area contributed by atoms with Gasteiger partial charge in [0.1, 0.15) is 29.1 Å². The van der Waals surface area contributed by atoms with E-state index in [9.17, 15) is 22.8 Å². The molecule has 0 aromatic carbocycles. The topological polar surface area (TPSA) is 158 Å². The second-order valence-corrected chi connectivity index (χ2v) is 10.7. The first-order chi connectivity index (χ1) is 21.5. The maximum Gasteiger partial charge on any atom is 0.416 e. The van der Waals surface area contributed by atoms with Crippen LogP contribution in [-0.4, -0.2) is 91.7 Å². The van der Waals surface area contributed by atoms with Crippen molar-refractivity contribution in [3.8, 4) is 0 Å². The third kappa shape index (κ3) is 9.06. The molecule has 2 amide bonds. The van der Waals surface area contributed by atoms with Crippen molar-refractivity contribution in [2.45, 2.75) is 25.1 Å². The van der Waals surface area contributed by atoms with Crippen LogP contribution in [0.3, 0.4) is 0 Å². The lowest BCUT2D eigenvalue weighted by Crippen LogP contribution is -2.48. The molecule has 244 valence electrons. The van der Waals surface area contributed by atoms with Gasteiger partial charge in [0, 0.05) is 32.9 Å². The number of hydrogen-bond acceptors (Lipinski definition) is 10. The number of alkyl halides is 3. The summed E-state index contributed by atoms with van der Waals surface area (Å²) in [6.07, 6.45) is 3.24. The molecule has 4 rings (SSSR count). The lowest BCUT2D eigenvalue weighted by atomic mass is 9.93. The van der Waals surface area contributed by atoms with Crippen LogP contribution in [0, 0.1) is 5.92 Å². The number of nitrogens with one attached hydrogen (secondary N) is 1. The summed E-state index contributed by atoms with van der Waals surface area (Å²) in [5.74, 6) is -1.39. The molecule has 1 aromatic rings. The standard InChI is InChI=1S/C29H35ClF3N7O5/c1-43-12-13-44-17-24(41)39-10-11-45-21(16-39)7-9-40-22(30)15-37-27(35)26(40)25(34)18-2-4-19(5-3-18)28(42)38-23-14-20(6-8-36-23)29(31,32)33/h2-4,6,8,14-15,19,21H,5,7,9-13,16-17,34H2,1H3,(H2,35,37)(H,36,38,42)/b26-25-/t19?,21-/m0/s1. The molecule has 1 aliphatic carbocycles. The molecular formula is C29H35ClF3N7O5. The number of aromatic nitrogens is 1. The molecule has 1 fully saturated rings. The third-order valence-electron chi connectivity index (χ3n) is 7.25. The van der Waals surface area contributed by atoms with E-state index in [1.165, 1.54) is 6.20 Å². The normalized spacial score (nSPS) is 21.6. The number of rotatable bonds is 11. The highest BCUT2D eigenvalue weighted by Gasteiger charge is 2.32. The quantitative estimate of drug-likeness (QED) is 0.241. The molecule has 12 nitrogen and oxygen atoms in total. The van der Waals surface area contributed by atoms with Crippen LogP contribution in [0.4, 0.5) is 19.0 Å². The number of amides is 2. The Kier molecular flexibility index (Phi) is 11.6. The molecule has 2 aliphatic heterocycles. The van der Waals surface area contributed by atoms with Gasteiger partial charge in [-0.1, -0.05) is 29.8 Å². The van der Waals surface area contributed by atoms with Gasteiger partial charge in [0.05, 0.1) is 49.3 Å². The second-order valence-electron chi connectivity index (χ2n) is 10.3. The van der Waals surface area contributed by atoms with E-state index >= 15 is 0 Å². The number of methoxy groups -OCH3 is 1. The fraction of sp³-hybridized carbons (Fsp3) is 0.448. The number of anilines is 1.